The molecule has 0 aromatic rings. The van der Waals surface area contributed by atoms with E-state index >= 15 is 0 Å². The molecule has 0 saturated carbocycles. The van der Waals surface area contributed by atoms with Crippen molar-refractivity contribution < 1.29 is 14.9 Å². The minimum Gasteiger partial charge on any atom is -0.259 e. The molecule has 0 bridgehead atoms. The highest BCUT2D eigenvalue weighted by Gasteiger charge is 2.31. The first-order valence-corrected chi connectivity index (χ1v) is 3.10. The molecule has 0 unspecified atom stereocenters. The minimum absolute atomic E-state index is 0.417. The molecule has 10 heteroatoms. The maximum Gasteiger partial charge on any atom is 0.452 e. The van der Waals surface area contributed by atoms with Crippen molar-refractivity contribution in [1.82, 2.24) is 5.43 Å². The summed E-state index contributed by atoms with van der Waals surface area (Å²) in [5, 5.41) is 28.7. The Hall–Kier alpha value is -2.00. The van der Waals surface area contributed by atoms with Crippen LogP contribution in [0.4, 0.5) is 0 Å². The van der Waals surface area contributed by atoms with Crippen molar-refractivity contribution in [2.75, 3.05) is 6.54 Å². The molecular weight excluding hydrogens is 188 g/mol. The number of nitrogens with zero attached hydrogens (tertiary/aromatic N) is 3. The van der Waals surface area contributed by atoms with Gasteiger partial charge in [-0.15, -0.1) is 5.43 Å². The number of hydrogen-bond donors (Lipinski definition) is 1. The molecule has 0 aliphatic rings. The molecule has 0 spiro atoms. The van der Waals surface area contributed by atoms with Gasteiger partial charge in [0.1, 0.15) is 6.42 Å². The predicted molar refractivity (Wildman–Crippen MR) is 37.4 cm³/mol. The van der Waals surface area contributed by atoms with Gasteiger partial charge >= 0.3 is 6.17 Å². The zero-order chi connectivity index (χ0) is 10.4. The predicted octanol–water partition coefficient (Wildman–Crippen LogP) is -0.963. The first kappa shape index (κ1) is 11.0. The molecule has 0 aromatic carbocycles. The van der Waals surface area contributed by atoms with Gasteiger partial charge in [0.05, 0.1) is 16.4 Å². The molecule has 13 heavy (non-hydrogen) atoms. The lowest BCUT2D eigenvalue weighted by Gasteiger charge is -1.99. The molecule has 0 rings (SSSR count). The summed E-state index contributed by atoms with van der Waals surface area (Å²) < 4.78 is 0. The van der Waals surface area contributed by atoms with E-state index in [0.29, 0.717) is 0 Å². The maximum absolute atomic E-state index is 9.98. The second kappa shape index (κ2) is 4.79. The van der Waals surface area contributed by atoms with Crippen molar-refractivity contribution in [2.24, 2.45) is 0 Å². The smallest absolute Gasteiger partial charge is 0.259 e. The van der Waals surface area contributed by atoms with Crippen LogP contribution in [-0.2, 0) is 0 Å². The second-order valence-corrected chi connectivity index (χ2v) is 2.01. The second-order valence-electron chi connectivity index (χ2n) is 2.01. The summed E-state index contributed by atoms with van der Waals surface area (Å²) in [7, 11) is 0. The minimum atomic E-state index is -1.99. The lowest BCUT2D eigenvalue weighted by Crippen LogP contribution is -2.34. The average molecular weight is 194 g/mol. The number of nitro groups is 3. The van der Waals surface area contributed by atoms with Gasteiger partial charge < -0.3 is 0 Å². The highest BCUT2D eigenvalue weighted by Crippen LogP contribution is 1.96. The van der Waals surface area contributed by atoms with Crippen LogP contribution in [0.1, 0.15) is 6.42 Å². The molecule has 1 N–H and O–H groups in total. The first-order valence-electron chi connectivity index (χ1n) is 3.10. The fraction of sp³-hybridized carbons (Fsp3) is 1.00. The molecule has 0 atom stereocenters. The van der Waals surface area contributed by atoms with E-state index in [2.05, 4.69) is 0 Å². The van der Waals surface area contributed by atoms with Gasteiger partial charge in [0, 0.05) is 0 Å². The number of hydrazine groups is 1. The van der Waals surface area contributed by atoms with Gasteiger partial charge in [-0.2, -0.15) is 0 Å². The molecule has 0 aromatic heterocycles. The Morgan fingerprint density at radius 3 is 1.85 bits per heavy atom. The molecule has 0 fully saturated rings. The van der Waals surface area contributed by atoms with Crippen molar-refractivity contribution in [1.29, 1.82) is 0 Å². The van der Waals surface area contributed by atoms with Crippen molar-refractivity contribution in [2.45, 2.75) is 12.6 Å². The topological polar surface area (TPSA) is 141 Å². The molecule has 10 nitrogen and oxygen atoms in total. The standard InChI is InChI=1S/C3H6N4O6/c8-5(9)3(6(10)11)1-2-4-7(12)13/h3-4H,1-2H2. The molecule has 0 aliphatic carbocycles. The van der Waals surface area contributed by atoms with Crippen LogP contribution in [-0.4, -0.2) is 27.6 Å². The van der Waals surface area contributed by atoms with Gasteiger partial charge in [0.2, 0.25) is 0 Å². The van der Waals surface area contributed by atoms with E-state index in [0.717, 1.165) is 0 Å². The summed E-state index contributed by atoms with van der Waals surface area (Å²) >= 11 is 0. The third kappa shape index (κ3) is 4.44. The Balaban J connectivity index is 3.91. The molecule has 74 valence electrons. The third-order valence-corrected chi connectivity index (χ3v) is 1.13. The quantitative estimate of drug-likeness (QED) is 0.325. The highest BCUT2D eigenvalue weighted by atomic mass is 16.7. The monoisotopic (exact) mass is 194 g/mol. The Bertz CT molecular complexity index is 214. The van der Waals surface area contributed by atoms with Crippen LogP contribution in [0.3, 0.4) is 0 Å². The largest absolute Gasteiger partial charge is 0.452 e. The van der Waals surface area contributed by atoms with Gasteiger partial charge in [-0.25, -0.2) is 10.1 Å². The van der Waals surface area contributed by atoms with Crippen LogP contribution < -0.4 is 5.43 Å². The maximum atomic E-state index is 9.98. The van der Waals surface area contributed by atoms with Crippen LogP contribution in [0.25, 0.3) is 0 Å². The van der Waals surface area contributed by atoms with Gasteiger partial charge in [0.15, 0.2) is 5.03 Å². The Kier molecular flexibility index (Phi) is 4.06. The van der Waals surface area contributed by atoms with E-state index in [1.165, 1.54) is 0 Å². The van der Waals surface area contributed by atoms with E-state index < -0.39 is 34.0 Å². The summed E-state index contributed by atoms with van der Waals surface area (Å²) in [6, 6.07) is 0. The van der Waals surface area contributed by atoms with Gasteiger partial charge in [-0.1, -0.05) is 0 Å². The molecule has 0 aliphatic heterocycles. The molecular formula is C3H6N4O6. The van der Waals surface area contributed by atoms with Crippen LogP contribution in [0.5, 0.6) is 0 Å². The lowest BCUT2D eigenvalue weighted by molar-refractivity contribution is -0.743. The summed E-state index contributed by atoms with van der Waals surface area (Å²) in [4.78, 5) is 27.4. The van der Waals surface area contributed by atoms with Crippen molar-refractivity contribution in [3.8, 4) is 0 Å². The normalized spacial score (nSPS) is 9.62. The summed E-state index contributed by atoms with van der Waals surface area (Å²) in [5.41, 5.74) is 1.60. The van der Waals surface area contributed by atoms with E-state index in [4.69, 9.17) is 0 Å². The summed E-state index contributed by atoms with van der Waals surface area (Å²) in [5.74, 6) is 0. The van der Waals surface area contributed by atoms with Crippen molar-refractivity contribution in [3.05, 3.63) is 30.3 Å². The molecule has 0 heterocycles. The van der Waals surface area contributed by atoms with Crippen molar-refractivity contribution >= 4 is 0 Å². The van der Waals surface area contributed by atoms with Crippen LogP contribution >= 0.6 is 0 Å². The lowest BCUT2D eigenvalue weighted by atomic mass is 10.3. The first-order chi connectivity index (χ1) is 5.95. The zero-order valence-electron chi connectivity index (χ0n) is 6.28. The Morgan fingerprint density at radius 1 is 1.08 bits per heavy atom. The number of hydrogen-bond acceptors (Lipinski definition) is 6. The highest BCUT2D eigenvalue weighted by molar-refractivity contribution is 4.43. The molecule has 0 radical (unpaired) electrons. The van der Waals surface area contributed by atoms with Crippen LogP contribution in [0.2, 0.25) is 0 Å². The van der Waals surface area contributed by atoms with Gasteiger partial charge in [-0.3, -0.25) is 20.2 Å². The Morgan fingerprint density at radius 2 is 1.54 bits per heavy atom. The fourth-order valence-corrected chi connectivity index (χ4v) is 0.573. The summed E-state index contributed by atoms with van der Waals surface area (Å²) in [6.45, 7) is -0.417. The van der Waals surface area contributed by atoms with Crippen molar-refractivity contribution in [3.63, 3.8) is 0 Å². The third-order valence-electron chi connectivity index (χ3n) is 1.13. The average Bonchev–Trinajstić information content (AvgIpc) is 1.95. The van der Waals surface area contributed by atoms with Crippen LogP contribution in [0.15, 0.2) is 0 Å². The number of rotatable bonds is 6. The van der Waals surface area contributed by atoms with E-state index in [-0.39, 0.29) is 0 Å². The van der Waals surface area contributed by atoms with Gasteiger partial charge in [0.25, 0.3) is 0 Å². The summed E-state index contributed by atoms with van der Waals surface area (Å²) in [6.07, 6.45) is -2.52. The SMILES string of the molecule is O=[N+]([O-])NCCC([N+](=O)[O-])[N+](=O)[O-]. The molecule has 0 saturated heterocycles. The van der Waals surface area contributed by atoms with Gasteiger partial charge in [-0.05, 0) is 0 Å². The zero-order valence-corrected chi connectivity index (χ0v) is 6.28. The molecule has 0 amide bonds. The number of nitrogens with one attached hydrogen (secondary N) is 1. The van der Waals surface area contributed by atoms with E-state index in [9.17, 15) is 30.3 Å². The van der Waals surface area contributed by atoms with Crippen LogP contribution in [0, 0.1) is 30.3 Å². The van der Waals surface area contributed by atoms with E-state index in [1.54, 1.807) is 5.43 Å². The van der Waals surface area contributed by atoms with E-state index in [1.807, 2.05) is 0 Å². The Labute approximate surface area is 70.9 Å². The fourth-order valence-electron chi connectivity index (χ4n) is 0.573.